The average molecular weight is 496 g/mol. The maximum atomic E-state index is 13.3. The highest BCUT2D eigenvalue weighted by molar-refractivity contribution is 7.14. The van der Waals surface area contributed by atoms with Crippen LogP contribution in [-0.2, 0) is 12.7 Å². The van der Waals surface area contributed by atoms with Crippen molar-refractivity contribution in [3.8, 4) is 10.6 Å². The maximum absolute atomic E-state index is 13.3. The summed E-state index contributed by atoms with van der Waals surface area (Å²) in [5.74, 6) is 0.444. The van der Waals surface area contributed by atoms with Crippen molar-refractivity contribution in [2.45, 2.75) is 37.9 Å². The number of hydrogen-bond donors (Lipinski definition) is 0. The molecule has 1 aliphatic heterocycles. The molecule has 178 valence electrons. The van der Waals surface area contributed by atoms with Crippen LogP contribution >= 0.6 is 11.3 Å². The van der Waals surface area contributed by atoms with Gasteiger partial charge in [-0.2, -0.15) is 18.3 Å². The standard InChI is InChI=1S/C20H17F5N8S/c21-14(22)10-33-17-13(7-28-33)27-8-15(29-17)32-6-2-3-11(9-32)18-30-31-19(34-18)12-4-1-5-26-16(12)20(23,24)25/h1,4-5,7-8,11,14H,2-3,6,9-10H2. The monoisotopic (exact) mass is 496 g/mol. The first-order valence-electron chi connectivity index (χ1n) is 10.4. The van der Waals surface area contributed by atoms with Gasteiger partial charge in [-0.05, 0) is 25.0 Å². The van der Waals surface area contributed by atoms with Gasteiger partial charge in [-0.15, -0.1) is 10.2 Å². The molecule has 8 nitrogen and oxygen atoms in total. The zero-order chi connectivity index (χ0) is 23.9. The van der Waals surface area contributed by atoms with Crippen molar-refractivity contribution in [3.05, 3.63) is 41.4 Å². The smallest absolute Gasteiger partial charge is 0.355 e. The van der Waals surface area contributed by atoms with Gasteiger partial charge in [0.15, 0.2) is 11.3 Å². The van der Waals surface area contributed by atoms with Gasteiger partial charge in [-0.3, -0.25) is 4.98 Å². The van der Waals surface area contributed by atoms with Crippen LogP contribution in [0.3, 0.4) is 0 Å². The Balaban J connectivity index is 1.39. The molecule has 0 N–H and O–H groups in total. The third kappa shape index (κ3) is 4.41. The van der Waals surface area contributed by atoms with Crippen molar-refractivity contribution in [1.29, 1.82) is 0 Å². The molecule has 1 fully saturated rings. The molecular weight excluding hydrogens is 479 g/mol. The number of rotatable bonds is 5. The Morgan fingerprint density at radius 2 is 2.00 bits per heavy atom. The van der Waals surface area contributed by atoms with E-state index in [0.29, 0.717) is 29.4 Å². The first-order valence-corrected chi connectivity index (χ1v) is 11.2. The van der Waals surface area contributed by atoms with Gasteiger partial charge in [0.05, 0.1) is 12.4 Å². The van der Waals surface area contributed by atoms with E-state index in [1.807, 2.05) is 4.90 Å². The van der Waals surface area contributed by atoms with Gasteiger partial charge in [0.2, 0.25) is 0 Å². The predicted molar refractivity (Wildman–Crippen MR) is 114 cm³/mol. The lowest BCUT2D eigenvalue weighted by molar-refractivity contribution is -0.140. The van der Waals surface area contributed by atoms with Crippen LogP contribution in [0.2, 0.25) is 0 Å². The van der Waals surface area contributed by atoms with Crippen molar-refractivity contribution in [1.82, 2.24) is 34.9 Å². The zero-order valence-corrected chi connectivity index (χ0v) is 18.3. The summed E-state index contributed by atoms with van der Waals surface area (Å²) in [5.41, 5.74) is -0.403. The van der Waals surface area contributed by atoms with E-state index >= 15 is 0 Å². The Hall–Kier alpha value is -3.29. The third-order valence-electron chi connectivity index (χ3n) is 5.49. The summed E-state index contributed by atoms with van der Waals surface area (Å²) in [6, 6.07) is 2.77. The third-order valence-corrected chi connectivity index (χ3v) is 6.60. The van der Waals surface area contributed by atoms with Crippen LogP contribution < -0.4 is 4.90 Å². The first-order chi connectivity index (χ1) is 16.3. The highest BCUT2D eigenvalue weighted by Gasteiger charge is 2.36. The van der Waals surface area contributed by atoms with Crippen LogP contribution in [0.4, 0.5) is 27.8 Å². The average Bonchev–Trinajstić information content (AvgIpc) is 3.46. The fourth-order valence-electron chi connectivity index (χ4n) is 3.96. The molecule has 0 aliphatic carbocycles. The molecule has 1 saturated heterocycles. The molecule has 1 unspecified atom stereocenters. The van der Waals surface area contributed by atoms with E-state index in [-0.39, 0.29) is 22.1 Å². The van der Waals surface area contributed by atoms with Gasteiger partial charge >= 0.3 is 6.18 Å². The van der Waals surface area contributed by atoms with E-state index in [1.54, 1.807) is 6.20 Å². The molecule has 0 amide bonds. The molecule has 0 bridgehead atoms. The molecule has 0 radical (unpaired) electrons. The lowest BCUT2D eigenvalue weighted by Crippen LogP contribution is -2.35. The second-order valence-electron chi connectivity index (χ2n) is 7.78. The van der Waals surface area contributed by atoms with Crippen LogP contribution in [-0.4, -0.2) is 54.4 Å². The highest BCUT2D eigenvalue weighted by atomic mass is 32.1. The number of halogens is 5. The molecule has 5 heterocycles. The minimum Gasteiger partial charge on any atom is -0.355 e. The number of aromatic nitrogens is 7. The van der Waals surface area contributed by atoms with Gasteiger partial charge in [0, 0.05) is 30.8 Å². The summed E-state index contributed by atoms with van der Waals surface area (Å²) in [4.78, 5) is 14.2. The van der Waals surface area contributed by atoms with E-state index in [0.717, 1.165) is 35.1 Å². The Kier molecular flexibility index (Phi) is 5.83. The molecule has 0 aromatic carbocycles. The topological polar surface area (TPSA) is 85.5 Å². The van der Waals surface area contributed by atoms with Crippen molar-refractivity contribution in [3.63, 3.8) is 0 Å². The highest BCUT2D eigenvalue weighted by Crippen LogP contribution is 2.38. The number of alkyl halides is 5. The van der Waals surface area contributed by atoms with Crippen molar-refractivity contribution < 1.29 is 22.0 Å². The lowest BCUT2D eigenvalue weighted by Gasteiger charge is -2.32. The van der Waals surface area contributed by atoms with Crippen LogP contribution in [0, 0.1) is 0 Å². The Labute approximate surface area is 193 Å². The predicted octanol–water partition coefficient (Wildman–Crippen LogP) is 4.41. The molecule has 4 aromatic rings. The van der Waals surface area contributed by atoms with Gasteiger partial charge in [-0.1, -0.05) is 11.3 Å². The Bertz CT molecular complexity index is 1300. The maximum Gasteiger partial charge on any atom is 0.434 e. The van der Waals surface area contributed by atoms with Crippen LogP contribution in [0.1, 0.15) is 29.5 Å². The summed E-state index contributed by atoms with van der Waals surface area (Å²) >= 11 is 1.11. The fraction of sp³-hybridized carbons (Fsp3) is 0.400. The van der Waals surface area contributed by atoms with E-state index < -0.39 is 24.8 Å². The number of anilines is 1. The van der Waals surface area contributed by atoms with Crippen LogP contribution in [0.15, 0.2) is 30.7 Å². The van der Waals surface area contributed by atoms with Gasteiger partial charge in [0.1, 0.15) is 27.9 Å². The van der Waals surface area contributed by atoms with Gasteiger partial charge in [0.25, 0.3) is 6.43 Å². The number of piperidine rings is 1. The van der Waals surface area contributed by atoms with E-state index in [9.17, 15) is 22.0 Å². The molecular formula is C20H17F5N8S. The van der Waals surface area contributed by atoms with Crippen molar-refractivity contribution >= 4 is 28.3 Å². The summed E-state index contributed by atoms with van der Waals surface area (Å²) < 4.78 is 66.8. The molecule has 0 spiro atoms. The van der Waals surface area contributed by atoms with Crippen LogP contribution in [0.25, 0.3) is 21.7 Å². The number of hydrogen-bond acceptors (Lipinski definition) is 8. The Morgan fingerprint density at radius 3 is 2.79 bits per heavy atom. The molecule has 1 atom stereocenters. The summed E-state index contributed by atoms with van der Waals surface area (Å²) in [7, 11) is 0. The molecule has 14 heteroatoms. The summed E-state index contributed by atoms with van der Waals surface area (Å²) in [5, 5.41) is 12.9. The second-order valence-corrected chi connectivity index (χ2v) is 8.79. The van der Waals surface area contributed by atoms with Crippen LogP contribution in [0.5, 0.6) is 0 Å². The molecule has 34 heavy (non-hydrogen) atoms. The quantitative estimate of drug-likeness (QED) is 0.379. The van der Waals surface area contributed by atoms with E-state index in [2.05, 4.69) is 30.2 Å². The second kappa shape index (κ2) is 8.81. The molecule has 4 aromatic heterocycles. The first kappa shape index (κ1) is 22.5. The normalized spacial score (nSPS) is 17.1. The summed E-state index contributed by atoms with van der Waals surface area (Å²) in [6.07, 6.45) is -1.55. The van der Waals surface area contributed by atoms with E-state index in [4.69, 9.17) is 0 Å². The Morgan fingerprint density at radius 1 is 1.15 bits per heavy atom. The van der Waals surface area contributed by atoms with Gasteiger partial charge in [-0.25, -0.2) is 23.4 Å². The molecule has 0 saturated carbocycles. The fourth-order valence-corrected chi connectivity index (χ4v) is 4.95. The largest absolute Gasteiger partial charge is 0.434 e. The molecule has 5 rings (SSSR count). The lowest BCUT2D eigenvalue weighted by atomic mass is 9.99. The van der Waals surface area contributed by atoms with E-state index in [1.165, 1.54) is 18.3 Å². The number of pyridine rings is 1. The SMILES string of the molecule is FC(F)Cn1ncc2ncc(N3CCCC(c4nnc(-c5cccnc5C(F)(F)F)s4)C3)nc21. The number of nitrogens with zero attached hydrogens (tertiary/aromatic N) is 8. The summed E-state index contributed by atoms with van der Waals surface area (Å²) in [6.45, 7) is 0.592. The number of fused-ring (bicyclic) bond motifs is 1. The minimum atomic E-state index is -4.60. The van der Waals surface area contributed by atoms with Gasteiger partial charge < -0.3 is 4.90 Å². The van der Waals surface area contributed by atoms with Crippen molar-refractivity contribution in [2.75, 3.05) is 18.0 Å². The zero-order valence-electron chi connectivity index (χ0n) is 17.5. The molecule has 1 aliphatic rings. The minimum absolute atomic E-state index is 0.0746. The van der Waals surface area contributed by atoms with Crippen molar-refractivity contribution in [2.24, 2.45) is 0 Å².